The molecule has 1 nitrogen and oxygen atoms in total. The zero-order chi connectivity index (χ0) is 13.0. The zero-order valence-corrected chi connectivity index (χ0v) is 13.2. The summed E-state index contributed by atoms with van der Waals surface area (Å²) in [7, 11) is 0. The molecule has 1 heterocycles. The number of benzene rings is 1. The second kappa shape index (κ2) is 6.93. The minimum atomic E-state index is 0.670. The van der Waals surface area contributed by atoms with Crippen LogP contribution in [0.1, 0.15) is 38.2 Å². The first-order chi connectivity index (χ1) is 8.69. The molecule has 2 rings (SSSR count). The third-order valence-electron chi connectivity index (χ3n) is 3.96. The molecule has 18 heavy (non-hydrogen) atoms. The fourth-order valence-electron chi connectivity index (χ4n) is 2.74. The monoisotopic (exact) mass is 329 g/mol. The highest BCUT2D eigenvalue weighted by Crippen LogP contribution is 2.25. The molecular weight excluding hydrogens is 310 g/mol. The number of hydrogen-bond acceptors (Lipinski definition) is 1. The van der Waals surface area contributed by atoms with Crippen molar-refractivity contribution in [1.82, 2.24) is 5.32 Å². The Bertz CT molecular complexity index is 394. The summed E-state index contributed by atoms with van der Waals surface area (Å²) in [4.78, 5) is 0. The lowest BCUT2D eigenvalue weighted by Crippen LogP contribution is -2.38. The predicted octanol–water partition coefficient (Wildman–Crippen LogP) is 4.81. The van der Waals surface area contributed by atoms with Gasteiger partial charge in [-0.15, -0.1) is 0 Å². The summed E-state index contributed by atoms with van der Waals surface area (Å²) in [6.45, 7) is 3.48. The van der Waals surface area contributed by atoms with Gasteiger partial charge in [-0.05, 0) is 55.8 Å². The van der Waals surface area contributed by atoms with Gasteiger partial charge in [0, 0.05) is 15.5 Å². The highest BCUT2D eigenvalue weighted by molar-refractivity contribution is 9.10. The fraction of sp³-hybridized carbons (Fsp3) is 0.600. The molecule has 1 aromatic carbocycles. The van der Waals surface area contributed by atoms with Gasteiger partial charge in [-0.2, -0.15) is 0 Å². The van der Waals surface area contributed by atoms with E-state index in [2.05, 4.69) is 40.3 Å². The Labute approximate surface area is 123 Å². The van der Waals surface area contributed by atoms with Crippen LogP contribution in [-0.2, 0) is 6.42 Å². The molecule has 2 unspecified atom stereocenters. The van der Waals surface area contributed by atoms with Gasteiger partial charge in [0.2, 0.25) is 0 Å². The highest BCUT2D eigenvalue weighted by atomic mass is 79.9. The van der Waals surface area contributed by atoms with E-state index < -0.39 is 0 Å². The van der Waals surface area contributed by atoms with Crippen LogP contribution in [0.25, 0.3) is 0 Å². The van der Waals surface area contributed by atoms with E-state index in [-0.39, 0.29) is 0 Å². The predicted molar refractivity (Wildman–Crippen MR) is 82.3 cm³/mol. The minimum Gasteiger partial charge on any atom is -0.314 e. The average molecular weight is 331 g/mol. The molecule has 3 heteroatoms. The van der Waals surface area contributed by atoms with Crippen LogP contribution in [0, 0.1) is 5.92 Å². The maximum Gasteiger partial charge on any atom is 0.0449 e. The average Bonchev–Trinajstić information content (AvgIpc) is 2.38. The van der Waals surface area contributed by atoms with Crippen molar-refractivity contribution < 1.29 is 0 Å². The topological polar surface area (TPSA) is 12.0 Å². The summed E-state index contributed by atoms with van der Waals surface area (Å²) in [6.07, 6.45) is 6.24. The van der Waals surface area contributed by atoms with Gasteiger partial charge >= 0.3 is 0 Å². The van der Waals surface area contributed by atoms with E-state index in [1.807, 2.05) is 6.07 Å². The highest BCUT2D eigenvalue weighted by Gasteiger charge is 2.19. The summed E-state index contributed by atoms with van der Waals surface area (Å²) in [5.41, 5.74) is 1.26. The van der Waals surface area contributed by atoms with Crippen LogP contribution in [0.2, 0.25) is 5.02 Å². The first-order valence-corrected chi connectivity index (χ1v) is 8.03. The van der Waals surface area contributed by atoms with Gasteiger partial charge < -0.3 is 5.32 Å². The van der Waals surface area contributed by atoms with Crippen LogP contribution in [0.4, 0.5) is 0 Å². The number of hydrogen-bond donors (Lipinski definition) is 1. The smallest absolute Gasteiger partial charge is 0.0449 e. The molecule has 0 aromatic heterocycles. The summed E-state index contributed by atoms with van der Waals surface area (Å²) in [6, 6.07) is 6.86. The van der Waals surface area contributed by atoms with Crippen molar-refractivity contribution in [3.8, 4) is 0 Å². The van der Waals surface area contributed by atoms with Crippen LogP contribution in [0.5, 0.6) is 0 Å². The molecule has 0 aliphatic carbocycles. The Kier molecular flexibility index (Phi) is 5.53. The SMILES string of the molecule is CCC1CCNC(CCc2ccc(Br)cc2Cl)C1. The van der Waals surface area contributed by atoms with Crippen molar-refractivity contribution in [2.75, 3.05) is 6.54 Å². The lowest BCUT2D eigenvalue weighted by atomic mass is 9.88. The van der Waals surface area contributed by atoms with E-state index in [0.29, 0.717) is 6.04 Å². The largest absolute Gasteiger partial charge is 0.314 e. The second-order valence-electron chi connectivity index (χ2n) is 5.22. The second-order valence-corrected chi connectivity index (χ2v) is 6.55. The van der Waals surface area contributed by atoms with Gasteiger partial charge in [0.25, 0.3) is 0 Å². The molecule has 0 radical (unpaired) electrons. The van der Waals surface area contributed by atoms with Crippen molar-refractivity contribution in [3.63, 3.8) is 0 Å². The fourth-order valence-corrected chi connectivity index (χ4v) is 3.51. The number of rotatable bonds is 4. The van der Waals surface area contributed by atoms with Gasteiger partial charge in [-0.3, -0.25) is 0 Å². The lowest BCUT2D eigenvalue weighted by molar-refractivity contribution is 0.285. The molecule has 1 fully saturated rings. The first kappa shape index (κ1) is 14.4. The number of halogens is 2. The molecule has 100 valence electrons. The van der Waals surface area contributed by atoms with E-state index in [0.717, 1.165) is 21.8 Å². The van der Waals surface area contributed by atoms with Crippen LogP contribution >= 0.6 is 27.5 Å². The standard InChI is InChI=1S/C15H21BrClN/c1-2-11-7-8-18-14(9-11)6-4-12-3-5-13(16)10-15(12)17/h3,5,10-11,14,18H,2,4,6-9H2,1H3. The van der Waals surface area contributed by atoms with E-state index in [9.17, 15) is 0 Å². The Morgan fingerprint density at radius 2 is 2.28 bits per heavy atom. The summed E-state index contributed by atoms with van der Waals surface area (Å²) in [5, 5.41) is 4.51. The third-order valence-corrected chi connectivity index (χ3v) is 4.80. The molecule has 0 amide bonds. The van der Waals surface area contributed by atoms with Gasteiger partial charge in [0.05, 0.1) is 0 Å². The molecule has 1 saturated heterocycles. The van der Waals surface area contributed by atoms with Crippen molar-refractivity contribution in [3.05, 3.63) is 33.3 Å². The van der Waals surface area contributed by atoms with Crippen molar-refractivity contribution >= 4 is 27.5 Å². The van der Waals surface area contributed by atoms with Crippen molar-refractivity contribution in [1.29, 1.82) is 0 Å². The molecule has 0 saturated carbocycles. The Hall–Kier alpha value is -0.0500. The maximum absolute atomic E-state index is 6.25. The maximum atomic E-state index is 6.25. The van der Waals surface area contributed by atoms with E-state index in [1.165, 1.54) is 37.8 Å². The third kappa shape index (κ3) is 3.97. The Morgan fingerprint density at radius 3 is 3.00 bits per heavy atom. The molecule has 2 atom stereocenters. The molecule has 0 spiro atoms. The number of piperidine rings is 1. The van der Waals surface area contributed by atoms with Gasteiger partial charge in [0.15, 0.2) is 0 Å². The molecule has 1 aromatic rings. The zero-order valence-electron chi connectivity index (χ0n) is 10.9. The normalized spacial score (nSPS) is 24.2. The minimum absolute atomic E-state index is 0.670. The van der Waals surface area contributed by atoms with Crippen LogP contribution in [0.15, 0.2) is 22.7 Å². The first-order valence-electron chi connectivity index (χ1n) is 6.86. The quantitative estimate of drug-likeness (QED) is 0.835. The Balaban J connectivity index is 1.87. The molecular formula is C15H21BrClN. The number of nitrogens with one attached hydrogen (secondary N) is 1. The van der Waals surface area contributed by atoms with Crippen molar-refractivity contribution in [2.45, 2.75) is 45.1 Å². The van der Waals surface area contributed by atoms with E-state index in [4.69, 9.17) is 11.6 Å². The van der Waals surface area contributed by atoms with Gasteiger partial charge in [-0.25, -0.2) is 0 Å². The Morgan fingerprint density at radius 1 is 1.44 bits per heavy atom. The van der Waals surface area contributed by atoms with Gasteiger partial charge in [-0.1, -0.05) is 46.9 Å². The van der Waals surface area contributed by atoms with Crippen molar-refractivity contribution in [2.24, 2.45) is 5.92 Å². The van der Waals surface area contributed by atoms with E-state index in [1.54, 1.807) is 0 Å². The molecule has 1 aliphatic rings. The van der Waals surface area contributed by atoms with E-state index >= 15 is 0 Å². The van der Waals surface area contributed by atoms with Gasteiger partial charge in [0.1, 0.15) is 0 Å². The molecule has 1 aliphatic heterocycles. The molecule has 1 N–H and O–H groups in total. The molecule has 0 bridgehead atoms. The summed E-state index contributed by atoms with van der Waals surface area (Å²) in [5.74, 6) is 0.914. The van der Waals surface area contributed by atoms with Crippen LogP contribution in [0.3, 0.4) is 0 Å². The summed E-state index contributed by atoms with van der Waals surface area (Å²) < 4.78 is 1.05. The lowest BCUT2D eigenvalue weighted by Gasteiger charge is -2.29. The summed E-state index contributed by atoms with van der Waals surface area (Å²) >= 11 is 9.70. The number of aryl methyl sites for hydroxylation is 1. The van der Waals surface area contributed by atoms with Crippen LogP contribution < -0.4 is 5.32 Å². The van der Waals surface area contributed by atoms with Crippen LogP contribution in [-0.4, -0.2) is 12.6 Å².